The van der Waals surface area contributed by atoms with E-state index in [-0.39, 0.29) is 5.91 Å². The quantitative estimate of drug-likeness (QED) is 0.866. The zero-order chi connectivity index (χ0) is 12.4. The van der Waals surface area contributed by atoms with Gasteiger partial charge in [-0.05, 0) is 47.1 Å². The van der Waals surface area contributed by atoms with E-state index in [4.69, 9.17) is 4.42 Å². The summed E-state index contributed by atoms with van der Waals surface area (Å²) in [6, 6.07) is 7.21. The highest BCUT2D eigenvalue weighted by Crippen LogP contribution is 2.26. The van der Waals surface area contributed by atoms with Crippen molar-refractivity contribution in [3.05, 3.63) is 50.8 Å². The molecule has 0 aliphatic rings. The topological polar surface area (TPSA) is 42.2 Å². The third-order valence-electron chi connectivity index (χ3n) is 2.28. The average molecular weight is 359 g/mol. The number of halogens is 2. The molecule has 1 amide bonds. The number of furan rings is 1. The lowest BCUT2D eigenvalue weighted by molar-refractivity contribution is 0.102. The molecule has 1 aromatic carbocycles. The lowest BCUT2D eigenvalue weighted by Crippen LogP contribution is -2.12. The third-order valence-corrected chi connectivity index (χ3v) is 3.43. The Morgan fingerprint density at radius 3 is 2.65 bits per heavy atom. The fraction of sp³-hybridized carbons (Fsp3) is 0.0833. The molecule has 0 aliphatic heterocycles. The van der Waals surface area contributed by atoms with Crippen LogP contribution in [0.15, 0.2) is 43.9 Å². The first-order valence-electron chi connectivity index (χ1n) is 4.88. The van der Waals surface area contributed by atoms with Crippen LogP contribution in [0.4, 0.5) is 5.69 Å². The Morgan fingerprint density at radius 2 is 2.06 bits per heavy atom. The highest BCUT2D eigenvalue weighted by molar-refractivity contribution is 9.11. The van der Waals surface area contributed by atoms with Gasteiger partial charge in [0.25, 0.3) is 5.91 Å². The van der Waals surface area contributed by atoms with Gasteiger partial charge < -0.3 is 9.73 Å². The molecular formula is C12H9Br2NO2. The minimum atomic E-state index is -0.181. The summed E-state index contributed by atoms with van der Waals surface area (Å²) in [6.07, 6.45) is 1.50. The number of aryl methyl sites for hydroxylation is 1. The van der Waals surface area contributed by atoms with Crippen molar-refractivity contribution in [1.82, 2.24) is 0 Å². The second-order valence-electron chi connectivity index (χ2n) is 3.47. The summed E-state index contributed by atoms with van der Waals surface area (Å²) in [5.74, 6) is 0.426. The molecule has 2 aromatic rings. The van der Waals surface area contributed by atoms with Crippen molar-refractivity contribution in [2.75, 3.05) is 5.32 Å². The van der Waals surface area contributed by atoms with Crippen LogP contribution in [0.1, 0.15) is 16.1 Å². The molecule has 88 valence electrons. The number of hydrogen-bond acceptors (Lipinski definition) is 2. The number of amides is 1. The van der Waals surface area contributed by atoms with Gasteiger partial charge in [0.15, 0.2) is 0 Å². The van der Waals surface area contributed by atoms with E-state index < -0.39 is 0 Å². The highest BCUT2D eigenvalue weighted by Gasteiger charge is 2.12. The number of rotatable bonds is 2. The second kappa shape index (κ2) is 5.06. The molecule has 5 heteroatoms. The Kier molecular flexibility index (Phi) is 3.69. The van der Waals surface area contributed by atoms with Gasteiger partial charge in [-0.3, -0.25) is 4.79 Å². The first-order chi connectivity index (χ1) is 8.08. The van der Waals surface area contributed by atoms with E-state index in [0.717, 1.165) is 14.6 Å². The van der Waals surface area contributed by atoms with E-state index in [1.807, 2.05) is 18.2 Å². The largest absolute Gasteiger partial charge is 0.469 e. The Bertz CT molecular complexity index is 563. The fourth-order valence-corrected chi connectivity index (χ4v) is 2.55. The summed E-state index contributed by atoms with van der Waals surface area (Å²) in [5, 5.41) is 2.81. The normalized spacial score (nSPS) is 10.3. The molecule has 0 spiro atoms. The number of hydrogen-bond donors (Lipinski definition) is 1. The SMILES string of the molecule is Cc1occc1C(=O)Nc1ccc(Br)cc1Br. The molecule has 0 radical (unpaired) electrons. The Hall–Kier alpha value is -1.07. The van der Waals surface area contributed by atoms with E-state index >= 15 is 0 Å². The van der Waals surface area contributed by atoms with Gasteiger partial charge in [0.2, 0.25) is 0 Å². The van der Waals surface area contributed by atoms with Crippen molar-refractivity contribution >= 4 is 43.5 Å². The summed E-state index contributed by atoms with van der Waals surface area (Å²) in [4.78, 5) is 11.9. The molecule has 2 rings (SSSR count). The van der Waals surface area contributed by atoms with Crippen LogP contribution >= 0.6 is 31.9 Å². The van der Waals surface area contributed by atoms with Crippen molar-refractivity contribution in [1.29, 1.82) is 0 Å². The maximum atomic E-state index is 11.9. The minimum absolute atomic E-state index is 0.181. The van der Waals surface area contributed by atoms with Crippen molar-refractivity contribution in [3.8, 4) is 0 Å². The predicted octanol–water partition coefficient (Wildman–Crippen LogP) is 4.37. The van der Waals surface area contributed by atoms with Gasteiger partial charge >= 0.3 is 0 Å². The maximum absolute atomic E-state index is 11.9. The van der Waals surface area contributed by atoms with Gasteiger partial charge in [0.05, 0.1) is 17.5 Å². The summed E-state index contributed by atoms with van der Waals surface area (Å²) < 4.78 is 6.86. The molecule has 0 saturated carbocycles. The lowest BCUT2D eigenvalue weighted by atomic mass is 10.2. The highest BCUT2D eigenvalue weighted by atomic mass is 79.9. The molecule has 0 fully saturated rings. The molecular weight excluding hydrogens is 350 g/mol. The lowest BCUT2D eigenvalue weighted by Gasteiger charge is -2.07. The van der Waals surface area contributed by atoms with E-state index in [1.54, 1.807) is 13.0 Å². The van der Waals surface area contributed by atoms with Crippen molar-refractivity contribution in [2.45, 2.75) is 6.92 Å². The summed E-state index contributed by atoms with van der Waals surface area (Å²) in [7, 11) is 0. The molecule has 1 heterocycles. The molecule has 0 atom stereocenters. The molecule has 0 bridgehead atoms. The van der Waals surface area contributed by atoms with Crippen LogP contribution in [-0.4, -0.2) is 5.91 Å². The third kappa shape index (κ3) is 2.79. The number of carbonyl (C=O) groups is 1. The van der Waals surface area contributed by atoms with Crippen LogP contribution in [0.2, 0.25) is 0 Å². The van der Waals surface area contributed by atoms with Crippen LogP contribution in [0.5, 0.6) is 0 Å². The zero-order valence-corrected chi connectivity index (χ0v) is 12.1. The molecule has 17 heavy (non-hydrogen) atoms. The molecule has 0 aliphatic carbocycles. The number of nitrogens with one attached hydrogen (secondary N) is 1. The predicted molar refractivity (Wildman–Crippen MR) is 73.2 cm³/mol. The molecule has 0 saturated heterocycles. The van der Waals surface area contributed by atoms with Crippen LogP contribution < -0.4 is 5.32 Å². The average Bonchev–Trinajstić information content (AvgIpc) is 2.68. The zero-order valence-electron chi connectivity index (χ0n) is 8.96. The molecule has 3 nitrogen and oxygen atoms in total. The second-order valence-corrected chi connectivity index (χ2v) is 5.24. The van der Waals surface area contributed by atoms with Gasteiger partial charge in [-0.2, -0.15) is 0 Å². The Morgan fingerprint density at radius 1 is 1.29 bits per heavy atom. The standard InChI is InChI=1S/C12H9Br2NO2/c1-7-9(4-5-17-7)12(16)15-11-3-2-8(13)6-10(11)14/h2-6H,1H3,(H,15,16). The Balaban J connectivity index is 2.22. The van der Waals surface area contributed by atoms with Crippen LogP contribution in [-0.2, 0) is 0 Å². The Labute approximate surface area is 115 Å². The summed E-state index contributed by atoms with van der Waals surface area (Å²) in [6.45, 7) is 1.76. The van der Waals surface area contributed by atoms with Crippen LogP contribution in [0.25, 0.3) is 0 Å². The van der Waals surface area contributed by atoms with Crippen molar-refractivity contribution in [2.24, 2.45) is 0 Å². The number of carbonyl (C=O) groups excluding carboxylic acids is 1. The van der Waals surface area contributed by atoms with Crippen molar-refractivity contribution in [3.63, 3.8) is 0 Å². The molecule has 1 N–H and O–H groups in total. The van der Waals surface area contributed by atoms with Gasteiger partial charge in [-0.15, -0.1) is 0 Å². The minimum Gasteiger partial charge on any atom is -0.469 e. The van der Waals surface area contributed by atoms with Gasteiger partial charge in [0.1, 0.15) is 5.76 Å². The van der Waals surface area contributed by atoms with Crippen LogP contribution in [0, 0.1) is 6.92 Å². The summed E-state index contributed by atoms with van der Waals surface area (Å²) in [5.41, 5.74) is 1.26. The van der Waals surface area contributed by atoms with Crippen molar-refractivity contribution < 1.29 is 9.21 Å². The maximum Gasteiger partial charge on any atom is 0.259 e. The van der Waals surface area contributed by atoms with Gasteiger partial charge in [-0.25, -0.2) is 0 Å². The van der Waals surface area contributed by atoms with E-state index in [1.165, 1.54) is 6.26 Å². The van der Waals surface area contributed by atoms with E-state index in [9.17, 15) is 4.79 Å². The monoisotopic (exact) mass is 357 g/mol. The molecule has 0 unspecified atom stereocenters. The van der Waals surface area contributed by atoms with Gasteiger partial charge in [0, 0.05) is 8.95 Å². The number of benzene rings is 1. The number of anilines is 1. The summed E-state index contributed by atoms with van der Waals surface area (Å²) >= 11 is 6.74. The van der Waals surface area contributed by atoms with Gasteiger partial charge in [-0.1, -0.05) is 15.9 Å². The van der Waals surface area contributed by atoms with Crippen LogP contribution in [0.3, 0.4) is 0 Å². The first kappa shape index (κ1) is 12.4. The molecule has 1 aromatic heterocycles. The smallest absolute Gasteiger partial charge is 0.259 e. The first-order valence-corrected chi connectivity index (χ1v) is 6.47. The van der Waals surface area contributed by atoms with E-state index in [2.05, 4.69) is 37.2 Å². The fourth-order valence-electron chi connectivity index (χ4n) is 1.40. The van der Waals surface area contributed by atoms with E-state index in [0.29, 0.717) is 11.3 Å².